The van der Waals surface area contributed by atoms with Gasteiger partial charge in [0.25, 0.3) is 0 Å². The monoisotopic (exact) mass is 318 g/mol. The normalized spacial score (nSPS) is 13.3. The summed E-state index contributed by atoms with van der Waals surface area (Å²) >= 11 is 1.84. The van der Waals surface area contributed by atoms with Gasteiger partial charge in [-0.2, -0.15) is 11.8 Å². The van der Waals surface area contributed by atoms with Crippen molar-refractivity contribution < 1.29 is 0 Å². The number of guanidine groups is 1. The molecule has 0 radical (unpaired) electrons. The van der Waals surface area contributed by atoms with Crippen molar-refractivity contribution in [2.45, 2.75) is 25.5 Å². The van der Waals surface area contributed by atoms with Crippen LogP contribution >= 0.6 is 11.8 Å². The van der Waals surface area contributed by atoms with Crippen molar-refractivity contribution in [1.82, 2.24) is 15.6 Å². The third-order valence-electron chi connectivity index (χ3n) is 3.61. The number of para-hydroxylation sites is 1. The Balaban J connectivity index is 1.89. The highest BCUT2D eigenvalue weighted by Crippen LogP contribution is 2.17. The molecule has 2 aromatic rings. The first kappa shape index (κ1) is 16.7. The molecule has 1 atom stereocenters. The molecule has 1 aromatic carbocycles. The number of aliphatic imine (C=N–C) groups is 1. The lowest BCUT2D eigenvalue weighted by molar-refractivity contribution is 0.798. The Kier molecular flexibility index (Phi) is 6.65. The lowest BCUT2D eigenvalue weighted by atomic mass is 10.1. The predicted molar refractivity (Wildman–Crippen MR) is 99.0 cm³/mol. The summed E-state index contributed by atoms with van der Waals surface area (Å²) in [5, 5.41) is 8.57. The lowest BCUT2D eigenvalue weighted by Gasteiger charge is -2.12. The van der Waals surface area contributed by atoms with Gasteiger partial charge in [0.2, 0.25) is 0 Å². The summed E-state index contributed by atoms with van der Waals surface area (Å²) in [5.41, 5.74) is 2.54. The number of thioether (sulfide) groups is 1. The molecule has 0 bridgehead atoms. The largest absolute Gasteiger partial charge is 0.361 e. The maximum absolute atomic E-state index is 4.63. The number of nitrogens with one attached hydrogen (secondary N) is 3. The quantitative estimate of drug-likeness (QED) is 0.543. The number of aromatic amines is 1. The van der Waals surface area contributed by atoms with Crippen LogP contribution in [0.25, 0.3) is 10.9 Å². The number of hydrogen-bond donors (Lipinski definition) is 3. The maximum Gasteiger partial charge on any atom is 0.191 e. The molecule has 0 spiro atoms. The zero-order chi connectivity index (χ0) is 15.8. The number of aromatic nitrogens is 1. The van der Waals surface area contributed by atoms with Gasteiger partial charge in [0.1, 0.15) is 0 Å². The Bertz CT molecular complexity index is 605. The minimum absolute atomic E-state index is 0.545. The summed E-state index contributed by atoms with van der Waals surface area (Å²) in [6, 6.07) is 8.42. The Morgan fingerprint density at radius 2 is 2.14 bits per heavy atom. The van der Waals surface area contributed by atoms with Crippen LogP contribution in [0.1, 0.15) is 19.4 Å². The van der Waals surface area contributed by atoms with E-state index in [-0.39, 0.29) is 0 Å². The number of fused-ring (bicyclic) bond motifs is 1. The molecule has 1 heterocycles. The van der Waals surface area contributed by atoms with E-state index in [4.69, 9.17) is 0 Å². The number of nitrogens with zero attached hydrogens (tertiary/aromatic N) is 1. The molecule has 0 aliphatic carbocycles. The second-order valence-electron chi connectivity index (χ2n) is 5.30. The van der Waals surface area contributed by atoms with Gasteiger partial charge in [0.15, 0.2) is 5.96 Å². The molecule has 4 nitrogen and oxygen atoms in total. The molecular weight excluding hydrogens is 292 g/mol. The maximum atomic E-state index is 4.63. The van der Waals surface area contributed by atoms with Crippen LogP contribution in [-0.2, 0) is 6.42 Å². The molecule has 22 heavy (non-hydrogen) atoms. The van der Waals surface area contributed by atoms with Crippen LogP contribution in [0, 0.1) is 0 Å². The lowest BCUT2D eigenvalue weighted by Crippen LogP contribution is -2.38. The zero-order valence-electron chi connectivity index (χ0n) is 13.6. The van der Waals surface area contributed by atoms with Crippen LogP contribution in [0.3, 0.4) is 0 Å². The standard InChI is InChI=1S/C17H26N4S/c1-4-18-17(21-11-13(2)22-3)19-10-9-14-12-20-16-8-6-5-7-15(14)16/h5-8,12-13,20H,4,9-11H2,1-3H3,(H2,18,19,21). The van der Waals surface area contributed by atoms with Gasteiger partial charge in [0, 0.05) is 35.4 Å². The summed E-state index contributed by atoms with van der Waals surface area (Å²) in [6.45, 7) is 6.88. The van der Waals surface area contributed by atoms with Crippen LogP contribution in [-0.4, -0.2) is 42.1 Å². The van der Waals surface area contributed by atoms with Crippen LogP contribution in [0.4, 0.5) is 0 Å². The Labute approximate surface area is 137 Å². The van der Waals surface area contributed by atoms with Crippen LogP contribution in [0.2, 0.25) is 0 Å². The average molecular weight is 318 g/mol. The van der Waals surface area contributed by atoms with E-state index < -0.39 is 0 Å². The van der Waals surface area contributed by atoms with E-state index in [0.29, 0.717) is 5.25 Å². The molecular formula is C17H26N4S. The third-order valence-corrected chi connectivity index (χ3v) is 4.57. The summed E-state index contributed by atoms with van der Waals surface area (Å²) < 4.78 is 0. The number of benzene rings is 1. The van der Waals surface area contributed by atoms with E-state index in [1.807, 2.05) is 11.8 Å². The van der Waals surface area contributed by atoms with Gasteiger partial charge in [-0.05, 0) is 31.2 Å². The Morgan fingerprint density at radius 1 is 1.32 bits per heavy atom. The van der Waals surface area contributed by atoms with Crippen LogP contribution in [0.5, 0.6) is 0 Å². The summed E-state index contributed by atoms with van der Waals surface area (Å²) in [7, 11) is 0. The van der Waals surface area contributed by atoms with Crippen LogP contribution < -0.4 is 10.6 Å². The molecule has 0 aliphatic heterocycles. The SMILES string of the molecule is CCNC(=NCC(C)SC)NCCc1c[nH]c2ccccc12. The topological polar surface area (TPSA) is 52.2 Å². The van der Waals surface area contributed by atoms with E-state index in [1.54, 1.807) is 0 Å². The smallest absolute Gasteiger partial charge is 0.191 e. The Morgan fingerprint density at radius 3 is 2.91 bits per heavy atom. The first-order valence-electron chi connectivity index (χ1n) is 7.84. The zero-order valence-corrected chi connectivity index (χ0v) is 14.5. The summed E-state index contributed by atoms with van der Waals surface area (Å²) in [6.07, 6.45) is 5.20. The van der Waals surface area contributed by atoms with Crippen molar-refractivity contribution in [2.24, 2.45) is 4.99 Å². The molecule has 120 valence electrons. The number of rotatable bonds is 7. The molecule has 2 rings (SSSR count). The molecule has 5 heteroatoms. The third kappa shape index (κ3) is 4.70. The Hall–Kier alpha value is -1.62. The van der Waals surface area contributed by atoms with Crippen molar-refractivity contribution in [3.05, 3.63) is 36.0 Å². The van der Waals surface area contributed by atoms with Gasteiger partial charge in [-0.25, -0.2) is 0 Å². The average Bonchev–Trinajstić information content (AvgIpc) is 2.95. The van der Waals surface area contributed by atoms with Gasteiger partial charge in [-0.1, -0.05) is 25.1 Å². The molecule has 0 aliphatic rings. The number of hydrogen-bond acceptors (Lipinski definition) is 2. The van der Waals surface area contributed by atoms with Crippen molar-refractivity contribution in [3.8, 4) is 0 Å². The van der Waals surface area contributed by atoms with Gasteiger partial charge in [-0.15, -0.1) is 0 Å². The minimum atomic E-state index is 0.545. The minimum Gasteiger partial charge on any atom is -0.361 e. The fourth-order valence-electron chi connectivity index (χ4n) is 2.29. The van der Waals surface area contributed by atoms with Crippen molar-refractivity contribution in [1.29, 1.82) is 0 Å². The first-order valence-corrected chi connectivity index (χ1v) is 9.13. The van der Waals surface area contributed by atoms with Crippen molar-refractivity contribution in [2.75, 3.05) is 25.9 Å². The van der Waals surface area contributed by atoms with E-state index >= 15 is 0 Å². The second-order valence-corrected chi connectivity index (χ2v) is 6.58. The summed E-state index contributed by atoms with van der Waals surface area (Å²) in [5.74, 6) is 0.906. The fourth-order valence-corrected chi connectivity index (χ4v) is 2.51. The first-order chi connectivity index (χ1) is 10.7. The highest BCUT2D eigenvalue weighted by atomic mass is 32.2. The summed E-state index contributed by atoms with van der Waals surface area (Å²) in [4.78, 5) is 7.95. The van der Waals surface area contributed by atoms with Crippen molar-refractivity contribution >= 4 is 28.6 Å². The second kappa shape index (κ2) is 8.73. The van der Waals surface area contributed by atoms with E-state index in [1.165, 1.54) is 16.5 Å². The van der Waals surface area contributed by atoms with Crippen LogP contribution in [0.15, 0.2) is 35.5 Å². The number of H-pyrrole nitrogens is 1. The molecule has 1 unspecified atom stereocenters. The molecule has 0 saturated heterocycles. The van der Waals surface area contributed by atoms with E-state index in [9.17, 15) is 0 Å². The highest BCUT2D eigenvalue weighted by Gasteiger charge is 2.04. The van der Waals surface area contributed by atoms with Gasteiger partial charge in [-0.3, -0.25) is 4.99 Å². The fraction of sp³-hybridized carbons (Fsp3) is 0.471. The van der Waals surface area contributed by atoms with Gasteiger partial charge < -0.3 is 15.6 Å². The van der Waals surface area contributed by atoms with E-state index in [0.717, 1.165) is 32.0 Å². The molecule has 0 fully saturated rings. The predicted octanol–water partition coefficient (Wildman–Crippen LogP) is 3.02. The highest BCUT2D eigenvalue weighted by molar-refractivity contribution is 7.99. The van der Waals surface area contributed by atoms with Gasteiger partial charge in [0.05, 0.1) is 6.54 Å². The molecule has 0 amide bonds. The van der Waals surface area contributed by atoms with Crippen molar-refractivity contribution in [3.63, 3.8) is 0 Å². The van der Waals surface area contributed by atoms with Gasteiger partial charge >= 0.3 is 0 Å². The molecule has 0 saturated carbocycles. The van der Waals surface area contributed by atoms with E-state index in [2.05, 4.69) is 71.2 Å². The molecule has 3 N–H and O–H groups in total. The molecule has 1 aromatic heterocycles.